The van der Waals surface area contributed by atoms with E-state index in [0.29, 0.717) is 0 Å². The van der Waals surface area contributed by atoms with E-state index in [2.05, 4.69) is 15.9 Å². The molecule has 0 radical (unpaired) electrons. The second kappa shape index (κ2) is 5.11. The van der Waals surface area contributed by atoms with Crippen LogP contribution in [0.1, 0.15) is 10.9 Å². The first-order chi connectivity index (χ1) is 4.74. The summed E-state index contributed by atoms with van der Waals surface area (Å²) in [6.45, 7) is 0.00690. The minimum absolute atomic E-state index is 0. The largest absolute Gasteiger partial charge is 0.394 e. The first kappa shape index (κ1) is 11.4. The van der Waals surface area contributed by atoms with E-state index < -0.39 is 0 Å². The van der Waals surface area contributed by atoms with Gasteiger partial charge in [0.1, 0.15) is 0 Å². The number of aliphatic hydroxyl groups excluding tert-OH is 1. The lowest BCUT2D eigenvalue weighted by molar-refractivity contribution is 0.269. The van der Waals surface area contributed by atoms with Gasteiger partial charge in [-0.3, -0.25) is 0 Å². The van der Waals surface area contributed by atoms with Crippen molar-refractivity contribution in [1.29, 1.82) is 0 Å². The molecule has 3 N–H and O–H groups in total. The van der Waals surface area contributed by atoms with E-state index in [4.69, 9.17) is 10.8 Å². The molecule has 0 saturated carbocycles. The number of halogens is 2. The fourth-order valence-electron chi connectivity index (χ4n) is 0.613. The van der Waals surface area contributed by atoms with E-state index in [1.165, 1.54) is 0 Å². The molecule has 0 bridgehead atoms. The van der Waals surface area contributed by atoms with Gasteiger partial charge in [-0.2, -0.15) is 0 Å². The maximum absolute atomic E-state index is 8.66. The molecule has 2 nitrogen and oxygen atoms in total. The van der Waals surface area contributed by atoms with Crippen molar-refractivity contribution in [3.63, 3.8) is 0 Å². The highest BCUT2D eigenvalue weighted by atomic mass is 79.9. The van der Waals surface area contributed by atoms with Crippen LogP contribution in [0.15, 0.2) is 15.9 Å². The molecule has 0 unspecified atom stereocenters. The molecule has 0 amide bonds. The van der Waals surface area contributed by atoms with E-state index in [-0.39, 0.29) is 25.1 Å². The third kappa shape index (κ3) is 3.09. The van der Waals surface area contributed by atoms with Gasteiger partial charge in [0.15, 0.2) is 0 Å². The van der Waals surface area contributed by atoms with Crippen molar-refractivity contribution in [2.24, 2.45) is 5.73 Å². The van der Waals surface area contributed by atoms with Crippen molar-refractivity contribution in [2.45, 2.75) is 6.04 Å². The molecule has 0 aliphatic heterocycles. The summed E-state index contributed by atoms with van der Waals surface area (Å²) in [5, 5.41) is 10.6. The van der Waals surface area contributed by atoms with Crippen LogP contribution >= 0.6 is 39.7 Å². The number of thiophene rings is 1. The predicted octanol–water partition coefficient (Wildman–Crippen LogP) is 1.92. The van der Waals surface area contributed by atoms with Crippen LogP contribution in [0, 0.1) is 0 Å². The van der Waals surface area contributed by atoms with Crippen LogP contribution in [-0.2, 0) is 0 Å². The smallest absolute Gasteiger partial charge is 0.0632 e. The third-order valence-corrected chi connectivity index (χ3v) is 2.98. The molecule has 1 aromatic heterocycles. The topological polar surface area (TPSA) is 46.2 Å². The number of hydrogen-bond acceptors (Lipinski definition) is 3. The van der Waals surface area contributed by atoms with Crippen molar-refractivity contribution < 1.29 is 5.11 Å². The summed E-state index contributed by atoms with van der Waals surface area (Å²) in [5.74, 6) is 0. The number of aliphatic hydroxyl groups is 1. The van der Waals surface area contributed by atoms with E-state index >= 15 is 0 Å². The maximum atomic E-state index is 8.66. The molecule has 5 heteroatoms. The predicted molar refractivity (Wildman–Crippen MR) is 53.3 cm³/mol. The van der Waals surface area contributed by atoms with Crippen LogP contribution in [-0.4, -0.2) is 11.7 Å². The quantitative estimate of drug-likeness (QED) is 0.851. The van der Waals surface area contributed by atoms with Gasteiger partial charge in [-0.15, -0.1) is 23.7 Å². The molecule has 1 rings (SSSR count). The molecule has 0 saturated heterocycles. The zero-order valence-electron chi connectivity index (χ0n) is 5.66. The lowest BCUT2D eigenvalue weighted by Gasteiger charge is -2.02. The van der Waals surface area contributed by atoms with Gasteiger partial charge in [-0.25, -0.2) is 0 Å². The average molecular weight is 259 g/mol. The van der Waals surface area contributed by atoms with Crippen molar-refractivity contribution in [3.05, 3.63) is 20.8 Å². The summed E-state index contributed by atoms with van der Waals surface area (Å²) in [6, 6.07) is 1.70. The Bertz CT molecular complexity index is 218. The van der Waals surface area contributed by atoms with Crippen LogP contribution in [0.2, 0.25) is 0 Å². The first-order valence-corrected chi connectivity index (χ1v) is 4.51. The highest BCUT2D eigenvalue weighted by Gasteiger charge is 2.05. The molecule has 0 aliphatic rings. The van der Waals surface area contributed by atoms with Gasteiger partial charge in [0.2, 0.25) is 0 Å². The van der Waals surface area contributed by atoms with E-state index in [9.17, 15) is 0 Å². The van der Waals surface area contributed by atoms with Crippen LogP contribution in [0.25, 0.3) is 0 Å². The van der Waals surface area contributed by atoms with Crippen molar-refractivity contribution in [2.75, 3.05) is 6.61 Å². The van der Waals surface area contributed by atoms with Gasteiger partial charge in [-0.1, -0.05) is 0 Å². The van der Waals surface area contributed by atoms with E-state index in [0.717, 1.165) is 9.35 Å². The lowest BCUT2D eigenvalue weighted by atomic mass is 10.3. The minimum atomic E-state index is -0.226. The Morgan fingerprint density at radius 1 is 1.73 bits per heavy atom. The highest BCUT2D eigenvalue weighted by Crippen LogP contribution is 2.23. The maximum Gasteiger partial charge on any atom is 0.0632 e. The van der Waals surface area contributed by atoms with Crippen LogP contribution < -0.4 is 5.73 Å². The minimum Gasteiger partial charge on any atom is -0.394 e. The average Bonchev–Trinajstić information content (AvgIpc) is 2.34. The third-order valence-electron chi connectivity index (χ3n) is 1.15. The zero-order chi connectivity index (χ0) is 7.56. The number of hydrogen-bond donors (Lipinski definition) is 2. The molecule has 64 valence electrons. The first-order valence-electron chi connectivity index (χ1n) is 2.84. The Morgan fingerprint density at radius 2 is 2.36 bits per heavy atom. The molecule has 0 fully saturated rings. The summed E-state index contributed by atoms with van der Waals surface area (Å²) >= 11 is 4.85. The molecule has 1 aromatic rings. The fourth-order valence-corrected chi connectivity index (χ4v) is 2.05. The van der Waals surface area contributed by atoms with Gasteiger partial charge in [0, 0.05) is 14.7 Å². The van der Waals surface area contributed by atoms with Crippen molar-refractivity contribution >= 4 is 39.7 Å². The van der Waals surface area contributed by atoms with Crippen LogP contribution in [0.4, 0.5) is 0 Å². The second-order valence-electron chi connectivity index (χ2n) is 1.96. The second-order valence-corrected chi connectivity index (χ2v) is 3.81. The molecule has 11 heavy (non-hydrogen) atoms. The Hall–Kier alpha value is 0.390. The SMILES string of the molecule is Cl.N[C@H](CO)c1cc(Br)cs1. The van der Waals surface area contributed by atoms with Gasteiger partial charge < -0.3 is 10.8 Å². The summed E-state index contributed by atoms with van der Waals surface area (Å²) in [4.78, 5) is 1.01. The van der Waals surface area contributed by atoms with Crippen LogP contribution in [0.3, 0.4) is 0 Å². The lowest BCUT2D eigenvalue weighted by Crippen LogP contribution is -2.12. The standard InChI is InChI=1S/C6H8BrNOS.ClH/c7-4-1-6(10-3-4)5(8)2-9;/h1,3,5,9H,2,8H2;1H/t5-;/m1./s1. The number of rotatable bonds is 2. The molecule has 0 aromatic carbocycles. The Morgan fingerprint density at radius 3 is 2.73 bits per heavy atom. The summed E-state index contributed by atoms with van der Waals surface area (Å²) < 4.78 is 1.02. The van der Waals surface area contributed by atoms with Crippen LogP contribution in [0.5, 0.6) is 0 Å². The Balaban J connectivity index is 0.000001000. The van der Waals surface area contributed by atoms with Gasteiger partial charge >= 0.3 is 0 Å². The van der Waals surface area contributed by atoms with E-state index in [1.54, 1.807) is 11.3 Å². The van der Waals surface area contributed by atoms with Gasteiger partial charge in [0.25, 0.3) is 0 Å². The summed E-state index contributed by atoms with van der Waals surface area (Å²) in [6.07, 6.45) is 0. The molecule has 1 atom stereocenters. The Labute approximate surface area is 84.0 Å². The molecule has 0 aliphatic carbocycles. The van der Waals surface area contributed by atoms with Crippen molar-refractivity contribution in [3.8, 4) is 0 Å². The summed E-state index contributed by atoms with van der Waals surface area (Å²) in [5.41, 5.74) is 5.55. The molecule has 0 spiro atoms. The zero-order valence-corrected chi connectivity index (χ0v) is 8.88. The van der Waals surface area contributed by atoms with Crippen molar-refractivity contribution in [1.82, 2.24) is 0 Å². The summed E-state index contributed by atoms with van der Waals surface area (Å²) in [7, 11) is 0. The Kier molecular flexibility index (Phi) is 5.29. The normalized spacial score (nSPS) is 12.3. The highest BCUT2D eigenvalue weighted by molar-refractivity contribution is 9.10. The van der Waals surface area contributed by atoms with Gasteiger partial charge in [-0.05, 0) is 22.0 Å². The van der Waals surface area contributed by atoms with Gasteiger partial charge in [0.05, 0.1) is 12.6 Å². The number of nitrogens with two attached hydrogens (primary N) is 1. The van der Waals surface area contributed by atoms with E-state index in [1.807, 2.05) is 11.4 Å². The molecular formula is C6H9BrClNOS. The monoisotopic (exact) mass is 257 g/mol. The molecule has 1 heterocycles. The fraction of sp³-hybridized carbons (Fsp3) is 0.333. The molecular weight excluding hydrogens is 249 g/mol.